The fraction of sp³-hybridized carbons (Fsp3) is 0.536. The number of nitrogens with one attached hydrogen (secondary N) is 1. The van der Waals surface area contributed by atoms with Gasteiger partial charge in [0.1, 0.15) is 11.1 Å². The predicted molar refractivity (Wildman–Crippen MR) is 140 cm³/mol. The maximum atomic E-state index is 13.4. The quantitative estimate of drug-likeness (QED) is 0.596. The minimum absolute atomic E-state index is 0.0401. The van der Waals surface area contributed by atoms with E-state index in [0.717, 1.165) is 26.1 Å². The number of rotatable bonds is 9. The number of carbonyl (C=O) groups is 2. The zero-order valence-electron chi connectivity index (χ0n) is 21.8. The molecular formula is C28H40N4O3. The molecule has 0 unspecified atom stereocenters. The molecule has 0 aliphatic carbocycles. The maximum absolute atomic E-state index is 13.4. The fourth-order valence-electron chi connectivity index (χ4n) is 4.39. The van der Waals surface area contributed by atoms with Gasteiger partial charge in [0.25, 0.3) is 11.8 Å². The third-order valence-electron chi connectivity index (χ3n) is 6.29. The first-order valence-electron chi connectivity index (χ1n) is 12.7. The van der Waals surface area contributed by atoms with Gasteiger partial charge in [0.05, 0.1) is 0 Å². The van der Waals surface area contributed by atoms with E-state index in [1.165, 1.54) is 11.1 Å². The number of piperazine rings is 1. The molecule has 0 radical (unpaired) electrons. The minimum atomic E-state index is -0.487. The molecule has 7 heteroatoms. The Morgan fingerprint density at radius 1 is 0.971 bits per heavy atom. The maximum Gasteiger partial charge on any atom is 0.259 e. The molecule has 1 aromatic carbocycles. The normalized spacial score (nSPS) is 14.5. The van der Waals surface area contributed by atoms with Crippen molar-refractivity contribution in [2.24, 2.45) is 11.8 Å². The Labute approximate surface area is 209 Å². The molecule has 0 atom stereocenters. The standard InChI is InChI=1S/C28H40N4O3/c1-20(2)9-10-29-27(34)24-18-31(16-21(3)4)19-25(26(24)33)28(35)32-13-11-30(12-14-32)17-23-8-6-7-22(5)15-23/h6-8,15,18-21H,9-14,16-17H2,1-5H3,(H,29,34). The largest absolute Gasteiger partial charge is 0.352 e. The predicted octanol–water partition coefficient (Wildman–Crippen LogP) is 3.55. The van der Waals surface area contributed by atoms with E-state index in [-0.39, 0.29) is 17.0 Å². The molecule has 0 saturated carbocycles. The first kappa shape index (κ1) is 26.7. The molecule has 2 amide bonds. The van der Waals surface area contributed by atoms with Gasteiger partial charge in [-0.1, -0.05) is 57.5 Å². The van der Waals surface area contributed by atoms with E-state index in [2.05, 4.69) is 69.1 Å². The van der Waals surface area contributed by atoms with Crippen LogP contribution in [-0.4, -0.2) is 58.9 Å². The van der Waals surface area contributed by atoms with Gasteiger partial charge in [-0.15, -0.1) is 0 Å². The number of aryl methyl sites for hydroxylation is 1. The van der Waals surface area contributed by atoms with E-state index < -0.39 is 11.3 Å². The van der Waals surface area contributed by atoms with E-state index >= 15 is 0 Å². The van der Waals surface area contributed by atoms with Crippen LogP contribution in [-0.2, 0) is 13.1 Å². The van der Waals surface area contributed by atoms with Crippen LogP contribution in [0.15, 0.2) is 41.5 Å². The summed E-state index contributed by atoms with van der Waals surface area (Å²) in [5.41, 5.74) is 2.13. The number of benzene rings is 1. The zero-order valence-corrected chi connectivity index (χ0v) is 21.8. The van der Waals surface area contributed by atoms with E-state index in [9.17, 15) is 14.4 Å². The Morgan fingerprint density at radius 2 is 1.66 bits per heavy atom. The molecule has 1 aliphatic heterocycles. The summed E-state index contributed by atoms with van der Waals surface area (Å²) in [5, 5.41) is 2.85. The average molecular weight is 481 g/mol. The van der Waals surface area contributed by atoms with E-state index in [1.807, 2.05) is 4.57 Å². The van der Waals surface area contributed by atoms with Gasteiger partial charge in [0.2, 0.25) is 5.43 Å². The van der Waals surface area contributed by atoms with E-state index in [0.29, 0.717) is 38.0 Å². The van der Waals surface area contributed by atoms with Crippen molar-refractivity contribution >= 4 is 11.8 Å². The van der Waals surface area contributed by atoms with Crippen molar-refractivity contribution in [1.82, 2.24) is 19.7 Å². The molecule has 1 aliphatic rings. The number of amides is 2. The number of pyridine rings is 1. The second-order valence-corrected chi connectivity index (χ2v) is 10.5. The summed E-state index contributed by atoms with van der Waals surface area (Å²) < 4.78 is 1.81. The summed E-state index contributed by atoms with van der Waals surface area (Å²) in [6.45, 7) is 15.0. The van der Waals surface area contributed by atoms with Crippen LogP contribution >= 0.6 is 0 Å². The molecule has 1 fully saturated rings. The fourth-order valence-corrected chi connectivity index (χ4v) is 4.39. The summed E-state index contributed by atoms with van der Waals surface area (Å²) in [6, 6.07) is 8.47. The zero-order chi connectivity index (χ0) is 25.5. The van der Waals surface area contributed by atoms with Crippen molar-refractivity contribution in [1.29, 1.82) is 0 Å². The Bertz CT molecular complexity index is 1080. The lowest BCUT2D eigenvalue weighted by atomic mass is 10.1. The Balaban J connectivity index is 1.74. The van der Waals surface area contributed by atoms with Crippen molar-refractivity contribution in [2.75, 3.05) is 32.7 Å². The van der Waals surface area contributed by atoms with Gasteiger partial charge in [0, 0.05) is 58.2 Å². The van der Waals surface area contributed by atoms with Crippen LogP contribution in [0.3, 0.4) is 0 Å². The Morgan fingerprint density at radius 3 is 2.29 bits per heavy atom. The highest BCUT2D eigenvalue weighted by molar-refractivity contribution is 5.99. The first-order chi connectivity index (χ1) is 16.6. The van der Waals surface area contributed by atoms with Crippen LogP contribution in [0.2, 0.25) is 0 Å². The van der Waals surface area contributed by atoms with Crippen LogP contribution in [0.4, 0.5) is 0 Å². The summed E-state index contributed by atoms with van der Waals surface area (Å²) in [7, 11) is 0. The van der Waals surface area contributed by atoms with Crippen molar-refractivity contribution in [3.63, 3.8) is 0 Å². The molecule has 35 heavy (non-hydrogen) atoms. The van der Waals surface area contributed by atoms with Crippen molar-refractivity contribution in [2.45, 2.75) is 54.1 Å². The number of aromatic nitrogens is 1. The second kappa shape index (κ2) is 12.2. The molecule has 190 valence electrons. The van der Waals surface area contributed by atoms with Gasteiger partial charge in [0.15, 0.2) is 0 Å². The van der Waals surface area contributed by atoms with Crippen molar-refractivity contribution in [3.8, 4) is 0 Å². The number of carbonyl (C=O) groups excluding carboxylic acids is 2. The molecule has 7 nitrogen and oxygen atoms in total. The second-order valence-electron chi connectivity index (χ2n) is 10.5. The van der Waals surface area contributed by atoms with Crippen molar-refractivity contribution < 1.29 is 9.59 Å². The van der Waals surface area contributed by atoms with Gasteiger partial charge in [-0.2, -0.15) is 0 Å². The molecule has 0 spiro atoms. The van der Waals surface area contributed by atoms with Crippen LogP contribution in [0.1, 0.15) is 66.0 Å². The highest BCUT2D eigenvalue weighted by Gasteiger charge is 2.26. The summed E-state index contributed by atoms with van der Waals surface area (Å²) >= 11 is 0. The van der Waals surface area contributed by atoms with Gasteiger partial charge in [-0.25, -0.2) is 0 Å². The number of hydrogen-bond acceptors (Lipinski definition) is 4. The molecule has 2 heterocycles. The smallest absolute Gasteiger partial charge is 0.259 e. The third kappa shape index (κ3) is 7.52. The average Bonchev–Trinajstić information content (AvgIpc) is 2.79. The topological polar surface area (TPSA) is 74.7 Å². The SMILES string of the molecule is Cc1cccc(CN2CCN(C(=O)c3cn(CC(C)C)cc(C(=O)NCCC(C)C)c3=O)CC2)c1. The van der Waals surface area contributed by atoms with Gasteiger partial charge in [-0.3, -0.25) is 19.3 Å². The molecule has 0 bridgehead atoms. The Kier molecular flexibility index (Phi) is 9.26. The van der Waals surface area contributed by atoms with Crippen LogP contribution in [0.5, 0.6) is 0 Å². The van der Waals surface area contributed by atoms with E-state index in [4.69, 9.17) is 0 Å². The Hall–Kier alpha value is -2.93. The first-order valence-corrected chi connectivity index (χ1v) is 12.7. The van der Waals surface area contributed by atoms with E-state index in [1.54, 1.807) is 17.3 Å². The number of hydrogen-bond donors (Lipinski definition) is 1. The van der Waals surface area contributed by atoms with Crippen LogP contribution in [0, 0.1) is 18.8 Å². The highest BCUT2D eigenvalue weighted by Crippen LogP contribution is 2.13. The monoisotopic (exact) mass is 480 g/mol. The summed E-state index contributed by atoms with van der Waals surface area (Å²) in [5.74, 6) is 0.0539. The lowest BCUT2D eigenvalue weighted by Crippen LogP contribution is -2.49. The molecular weight excluding hydrogens is 440 g/mol. The molecule has 1 aromatic heterocycles. The minimum Gasteiger partial charge on any atom is -0.352 e. The summed E-state index contributed by atoms with van der Waals surface area (Å²) in [4.78, 5) is 43.5. The highest BCUT2D eigenvalue weighted by atomic mass is 16.2. The molecule has 1 saturated heterocycles. The van der Waals surface area contributed by atoms with Gasteiger partial charge in [-0.05, 0) is 30.7 Å². The van der Waals surface area contributed by atoms with Crippen LogP contribution in [0.25, 0.3) is 0 Å². The van der Waals surface area contributed by atoms with Gasteiger partial charge < -0.3 is 14.8 Å². The molecule has 3 rings (SSSR count). The third-order valence-corrected chi connectivity index (χ3v) is 6.29. The summed E-state index contributed by atoms with van der Waals surface area (Å²) in [6.07, 6.45) is 4.04. The lowest BCUT2D eigenvalue weighted by molar-refractivity contribution is 0.0626. The molecule has 1 N–H and O–H groups in total. The van der Waals surface area contributed by atoms with Crippen LogP contribution < -0.4 is 10.7 Å². The van der Waals surface area contributed by atoms with Crippen molar-refractivity contribution in [3.05, 3.63) is 69.1 Å². The van der Waals surface area contributed by atoms with Gasteiger partial charge >= 0.3 is 0 Å². The number of nitrogens with zero attached hydrogens (tertiary/aromatic N) is 3. The lowest BCUT2D eigenvalue weighted by Gasteiger charge is -2.34. The molecule has 2 aromatic rings.